The van der Waals surface area contributed by atoms with Gasteiger partial charge in [0.25, 0.3) is 7.52 Å². The van der Waals surface area contributed by atoms with E-state index in [1.807, 2.05) is 0 Å². The molecule has 3 nitrogen and oxygen atoms in total. The van der Waals surface area contributed by atoms with Crippen molar-refractivity contribution in [2.75, 3.05) is 19.8 Å². The molecule has 4 heteroatoms. The van der Waals surface area contributed by atoms with Crippen LogP contribution in [0, 0.1) is 0 Å². The standard InChI is InChI=1S/C6H14NO2P/c1-10(8)7-5-3-2-4-6-9-10/h2-6H2,1H3,(H,7,8). The van der Waals surface area contributed by atoms with Crippen molar-refractivity contribution in [1.82, 2.24) is 5.09 Å². The Bertz CT molecular complexity index is 137. The molecule has 0 bridgehead atoms. The molecule has 1 unspecified atom stereocenters. The van der Waals surface area contributed by atoms with Crippen LogP contribution >= 0.6 is 7.52 Å². The Morgan fingerprint density at radius 1 is 1.40 bits per heavy atom. The van der Waals surface area contributed by atoms with Crippen molar-refractivity contribution in [3.63, 3.8) is 0 Å². The molecule has 1 aliphatic rings. The topological polar surface area (TPSA) is 38.3 Å². The summed E-state index contributed by atoms with van der Waals surface area (Å²) >= 11 is 0. The highest BCUT2D eigenvalue weighted by atomic mass is 31.2. The quantitative estimate of drug-likeness (QED) is 0.551. The zero-order chi connectivity index (χ0) is 7.45. The van der Waals surface area contributed by atoms with Gasteiger partial charge in [0.1, 0.15) is 0 Å². The number of hydrogen-bond donors (Lipinski definition) is 1. The summed E-state index contributed by atoms with van der Waals surface area (Å²) in [5, 5.41) is 2.89. The molecule has 1 aliphatic heterocycles. The molecule has 1 N–H and O–H groups in total. The van der Waals surface area contributed by atoms with Crippen LogP contribution in [0.2, 0.25) is 0 Å². The van der Waals surface area contributed by atoms with E-state index in [-0.39, 0.29) is 0 Å². The number of rotatable bonds is 0. The fourth-order valence-electron chi connectivity index (χ4n) is 0.970. The Morgan fingerprint density at radius 2 is 2.20 bits per heavy atom. The Kier molecular flexibility index (Phi) is 2.90. The third kappa shape index (κ3) is 2.82. The van der Waals surface area contributed by atoms with Gasteiger partial charge < -0.3 is 4.52 Å². The highest BCUT2D eigenvalue weighted by Crippen LogP contribution is 2.38. The monoisotopic (exact) mass is 163 g/mol. The van der Waals surface area contributed by atoms with Crippen molar-refractivity contribution in [2.45, 2.75) is 19.3 Å². The SMILES string of the molecule is CP1(=O)NCCCCCO1. The molecule has 1 rings (SSSR count). The average molecular weight is 163 g/mol. The molecule has 10 heavy (non-hydrogen) atoms. The second-order valence-corrected chi connectivity index (χ2v) is 4.91. The fraction of sp³-hybridized carbons (Fsp3) is 1.00. The first kappa shape index (κ1) is 8.25. The lowest BCUT2D eigenvalue weighted by Crippen LogP contribution is -2.16. The average Bonchev–Trinajstić information content (AvgIpc) is 1.81. The highest BCUT2D eigenvalue weighted by Gasteiger charge is 2.15. The van der Waals surface area contributed by atoms with Gasteiger partial charge in [0.2, 0.25) is 0 Å². The largest absolute Gasteiger partial charge is 0.318 e. The van der Waals surface area contributed by atoms with Crippen molar-refractivity contribution in [3.05, 3.63) is 0 Å². The number of nitrogens with one attached hydrogen (secondary N) is 1. The lowest BCUT2D eigenvalue weighted by Gasteiger charge is -2.17. The molecule has 0 saturated carbocycles. The van der Waals surface area contributed by atoms with Crippen LogP contribution < -0.4 is 5.09 Å². The normalized spacial score (nSPS) is 36.5. The highest BCUT2D eigenvalue weighted by molar-refractivity contribution is 7.56. The minimum absolute atomic E-state index is 0.640. The van der Waals surface area contributed by atoms with Gasteiger partial charge in [0.15, 0.2) is 0 Å². The lowest BCUT2D eigenvalue weighted by molar-refractivity contribution is 0.290. The molecule has 60 valence electrons. The maximum absolute atomic E-state index is 11.3. The third-order valence-corrected chi connectivity index (χ3v) is 3.03. The van der Waals surface area contributed by atoms with Crippen molar-refractivity contribution in [2.24, 2.45) is 0 Å². The first-order chi connectivity index (χ1) is 4.71. The third-order valence-electron chi connectivity index (χ3n) is 1.56. The molecule has 0 amide bonds. The zero-order valence-corrected chi connectivity index (χ0v) is 7.19. The summed E-state index contributed by atoms with van der Waals surface area (Å²) in [6, 6.07) is 0. The van der Waals surface area contributed by atoms with Crippen LogP contribution in [0.1, 0.15) is 19.3 Å². The van der Waals surface area contributed by atoms with Crippen molar-refractivity contribution >= 4 is 7.52 Å². The van der Waals surface area contributed by atoms with E-state index in [0.29, 0.717) is 6.61 Å². The predicted molar refractivity (Wildman–Crippen MR) is 41.3 cm³/mol. The minimum atomic E-state index is -2.41. The van der Waals surface area contributed by atoms with Gasteiger partial charge in [-0.05, 0) is 19.3 Å². The van der Waals surface area contributed by atoms with Gasteiger partial charge in [0.05, 0.1) is 6.61 Å². The molecule has 0 aliphatic carbocycles. The van der Waals surface area contributed by atoms with Crippen molar-refractivity contribution in [1.29, 1.82) is 0 Å². The van der Waals surface area contributed by atoms with Crippen LogP contribution in [-0.4, -0.2) is 19.8 Å². The minimum Gasteiger partial charge on any atom is -0.318 e. The van der Waals surface area contributed by atoms with E-state index in [1.165, 1.54) is 6.42 Å². The second kappa shape index (κ2) is 3.51. The molecule has 1 fully saturated rings. The summed E-state index contributed by atoms with van der Waals surface area (Å²) in [6.45, 7) is 3.10. The van der Waals surface area contributed by atoms with Crippen LogP contribution in [0.5, 0.6) is 0 Å². The molecule has 0 aromatic heterocycles. The molecular formula is C6H14NO2P. The van der Waals surface area contributed by atoms with E-state index >= 15 is 0 Å². The lowest BCUT2D eigenvalue weighted by atomic mass is 10.2. The van der Waals surface area contributed by atoms with Crippen LogP contribution in [0.15, 0.2) is 0 Å². The van der Waals surface area contributed by atoms with Gasteiger partial charge in [-0.25, -0.2) is 5.09 Å². The molecule has 0 aromatic rings. The molecule has 0 aromatic carbocycles. The van der Waals surface area contributed by atoms with Crippen LogP contribution in [0.25, 0.3) is 0 Å². The first-order valence-electron chi connectivity index (χ1n) is 3.68. The molecule has 0 radical (unpaired) electrons. The van der Waals surface area contributed by atoms with Crippen LogP contribution in [0.3, 0.4) is 0 Å². The van der Waals surface area contributed by atoms with E-state index in [9.17, 15) is 4.57 Å². The molecule has 1 atom stereocenters. The Hall–Kier alpha value is 0.150. The van der Waals surface area contributed by atoms with Gasteiger partial charge in [-0.15, -0.1) is 0 Å². The molecule has 0 spiro atoms. The maximum Gasteiger partial charge on any atom is 0.266 e. The van der Waals surface area contributed by atoms with Crippen LogP contribution in [-0.2, 0) is 9.09 Å². The predicted octanol–water partition coefficient (Wildman–Crippen LogP) is 1.60. The van der Waals surface area contributed by atoms with Gasteiger partial charge in [-0.2, -0.15) is 0 Å². The second-order valence-electron chi connectivity index (χ2n) is 2.65. The molecule has 1 heterocycles. The van der Waals surface area contributed by atoms with Crippen molar-refractivity contribution in [3.8, 4) is 0 Å². The summed E-state index contributed by atoms with van der Waals surface area (Å²) in [6.07, 6.45) is 3.33. The van der Waals surface area contributed by atoms with E-state index in [2.05, 4.69) is 5.09 Å². The molecular weight excluding hydrogens is 149 g/mol. The molecule has 1 saturated heterocycles. The summed E-state index contributed by atoms with van der Waals surface area (Å²) in [5.74, 6) is 0. The van der Waals surface area contributed by atoms with E-state index in [1.54, 1.807) is 6.66 Å². The summed E-state index contributed by atoms with van der Waals surface area (Å²) in [7, 11) is -2.41. The Morgan fingerprint density at radius 3 is 3.00 bits per heavy atom. The summed E-state index contributed by atoms with van der Waals surface area (Å²) < 4.78 is 16.4. The van der Waals surface area contributed by atoms with Gasteiger partial charge in [0, 0.05) is 13.2 Å². The smallest absolute Gasteiger partial charge is 0.266 e. The van der Waals surface area contributed by atoms with Gasteiger partial charge >= 0.3 is 0 Å². The maximum atomic E-state index is 11.3. The van der Waals surface area contributed by atoms with E-state index < -0.39 is 7.52 Å². The van der Waals surface area contributed by atoms with E-state index in [0.717, 1.165) is 19.4 Å². The number of hydrogen-bond acceptors (Lipinski definition) is 2. The fourth-order valence-corrected chi connectivity index (χ4v) is 2.10. The summed E-state index contributed by atoms with van der Waals surface area (Å²) in [4.78, 5) is 0. The Labute approximate surface area is 61.7 Å². The van der Waals surface area contributed by atoms with Gasteiger partial charge in [-0.3, -0.25) is 4.57 Å². The summed E-state index contributed by atoms with van der Waals surface area (Å²) in [5.41, 5.74) is 0. The van der Waals surface area contributed by atoms with Crippen molar-refractivity contribution < 1.29 is 9.09 Å². The first-order valence-corrected chi connectivity index (χ1v) is 5.75. The van der Waals surface area contributed by atoms with Gasteiger partial charge in [-0.1, -0.05) is 0 Å². The zero-order valence-electron chi connectivity index (χ0n) is 6.30. The van der Waals surface area contributed by atoms with Crippen LogP contribution in [0.4, 0.5) is 0 Å². The Balaban J connectivity index is 2.38. The van der Waals surface area contributed by atoms with E-state index in [4.69, 9.17) is 4.52 Å².